The molecule has 1 aliphatic heterocycles. The summed E-state index contributed by atoms with van der Waals surface area (Å²) >= 11 is 0. The smallest absolute Gasteiger partial charge is 0.0770 e. The van der Waals surface area contributed by atoms with Crippen molar-refractivity contribution in [2.24, 2.45) is 5.92 Å². The van der Waals surface area contributed by atoms with Crippen molar-refractivity contribution >= 4 is 5.69 Å². The fourth-order valence-corrected chi connectivity index (χ4v) is 2.35. The monoisotopic (exact) mass is 235 g/mol. The number of nitrogen functional groups attached to an aromatic ring is 1. The second kappa shape index (κ2) is 5.98. The summed E-state index contributed by atoms with van der Waals surface area (Å²) in [6.07, 6.45) is 4.45. The van der Waals surface area contributed by atoms with Gasteiger partial charge in [-0.3, -0.25) is 4.98 Å². The molecule has 2 unspecified atom stereocenters. The van der Waals surface area contributed by atoms with Crippen LogP contribution in [0, 0.1) is 5.92 Å². The molecule has 4 nitrogen and oxygen atoms in total. The molecule has 2 rings (SSSR count). The maximum atomic E-state index is 5.84. The zero-order valence-electron chi connectivity index (χ0n) is 10.4. The third kappa shape index (κ3) is 3.17. The molecule has 1 aromatic heterocycles. The molecule has 0 radical (unpaired) electrons. The van der Waals surface area contributed by atoms with Crippen molar-refractivity contribution in [3.05, 3.63) is 24.0 Å². The summed E-state index contributed by atoms with van der Waals surface area (Å²) in [6.45, 7) is 4.80. The molecule has 1 aromatic rings. The Bertz CT molecular complexity index is 356. The second-order valence-electron chi connectivity index (χ2n) is 4.54. The van der Waals surface area contributed by atoms with Crippen LogP contribution in [0.5, 0.6) is 0 Å². The molecule has 0 saturated carbocycles. The Kier molecular flexibility index (Phi) is 4.34. The van der Waals surface area contributed by atoms with E-state index in [1.165, 1.54) is 0 Å². The minimum Gasteiger partial charge on any atom is -0.397 e. The topological polar surface area (TPSA) is 60.2 Å². The molecule has 2 heterocycles. The number of nitrogens with one attached hydrogen (secondary N) is 1. The maximum Gasteiger partial charge on any atom is 0.0770 e. The maximum absolute atomic E-state index is 5.84. The number of pyridine rings is 1. The Morgan fingerprint density at radius 2 is 2.47 bits per heavy atom. The number of aromatic nitrogens is 1. The lowest BCUT2D eigenvalue weighted by molar-refractivity contribution is 0.0872. The molecular formula is C13H21N3O. The van der Waals surface area contributed by atoms with Gasteiger partial charge in [-0.1, -0.05) is 6.92 Å². The van der Waals surface area contributed by atoms with Crippen LogP contribution in [-0.4, -0.2) is 24.2 Å². The highest BCUT2D eigenvalue weighted by Gasteiger charge is 2.25. The summed E-state index contributed by atoms with van der Waals surface area (Å²) in [5.41, 5.74) is 7.53. The Labute approximate surface area is 103 Å². The van der Waals surface area contributed by atoms with Gasteiger partial charge in [-0.15, -0.1) is 0 Å². The number of nitrogens with two attached hydrogens (primary N) is 1. The van der Waals surface area contributed by atoms with E-state index in [9.17, 15) is 0 Å². The summed E-state index contributed by atoms with van der Waals surface area (Å²) in [6, 6.07) is 3.74. The highest BCUT2D eigenvalue weighted by Crippen LogP contribution is 2.22. The van der Waals surface area contributed by atoms with Gasteiger partial charge in [0.25, 0.3) is 0 Å². The van der Waals surface area contributed by atoms with Gasteiger partial charge in [0, 0.05) is 25.9 Å². The average molecular weight is 235 g/mol. The lowest BCUT2D eigenvalue weighted by atomic mass is 10.00. The van der Waals surface area contributed by atoms with Crippen LogP contribution >= 0.6 is 0 Å². The predicted octanol–water partition coefficient (Wildman–Crippen LogP) is 1.57. The van der Waals surface area contributed by atoms with E-state index in [-0.39, 0.29) is 0 Å². The second-order valence-corrected chi connectivity index (χ2v) is 4.54. The summed E-state index contributed by atoms with van der Waals surface area (Å²) in [7, 11) is 0. The third-order valence-corrected chi connectivity index (χ3v) is 3.37. The van der Waals surface area contributed by atoms with Crippen LogP contribution in [0.15, 0.2) is 18.3 Å². The van der Waals surface area contributed by atoms with Gasteiger partial charge in [0.15, 0.2) is 0 Å². The molecule has 0 aliphatic carbocycles. The molecular weight excluding hydrogens is 214 g/mol. The van der Waals surface area contributed by atoms with Gasteiger partial charge in [0.1, 0.15) is 0 Å². The van der Waals surface area contributed by atoms with E-state index in [1.54, 1.807) is 6.20 Å². The Balaban J connectivity index is 1.78. The first kappa shape index (κ1) is 12.3. The van der Waals surface area contributed by atoms with Crippen LogP contribution in [0.3, 0.4) is 0 Å². The molecule has 3 N–H and O–H groups in total. The summed E-state index contributed by atoms with van der Waals surface area (Å²) in [5, 5.41) is 3.43. The zero-order chi connectivity index (χ0) is 12.1. The molecule has 1 saturated heterocycles. The largest absolute Gasteiger partial charge is 0.397 e. The molecule has 0 bridgehead atoms. The molecule has 0 spiro atoms. The van der Waals surface area contributed by atoms with Crippen molar-refractivity contribution in [1.29, 1.82) is 0 Å². The van der Waals surface area contributed by atoms with Crippen LogP contribution in [0.25, 0.3) is 0 Å². The van der Waals surface area contributed by atoms with E-state index >= 15 is 0 Å². The molecule has 1 aliphatic rings. The fraction of sp³-hybridized carbons (Fsp3) is 0.615. The minimum absolute atomic E-state index is 0.420. The highest BCUT2D eigenvalue weighted by atomic mass is 16.5. The zero-order valence-corrected chi connectivity index (χ0v) is 10.4. The lowest BCUT2D eigenvalue weighted by Gasteiger charge is -2.17. The Morgan fingerprint density at radius 1 is 1.59 bits per heavy atom. The third-order valence-electron chi connectivity index (χ3n) is 3.37. The van der Waals surface area contributed by atoms with Gasteiger partial charge < -0.3 is 15.8 Å². The van der Waals surface area contributed by atoms with Crippen LogP contribution in [0.4, 0.5) is 5.69 Å². The number of hydrogen-bond acceptors (Lipinski definition) is 4. The van der Waals surface area contributed by atoms with Gasteiger partial charge in [0.2, 0.25) is 0 Å². The molecule has 0 amide bonds. The number of ether oxygens (including phenoxy) is 1. The molecule has 4 heteroatoms. The predicted molar refractivity (Wildman–Crippen MR) is 68.5 cm³/mol. The number of hydrogen-bond donors (Lipinski definition) is 2. The molecule has 2 atom stereocenters. The van der Waals surface area contributed by atoms with Crippen molar-refractivity contribution < 1.29 is 4.74 Å². The Morgan fingerprint density at radius 3 is 3.24 bits per heavy atom. The Hall–Kier alpha value is -1.13. The van der Waals surface area contributed by atoms with Crippen molar-refractivity contribution in [2.45, 2.75) is 32.4 Å². The molecule has 17 heavy (non-hydrogen) atoms. The first-order valence-electron chi connectivity index (χ1n) is 6.33. The van der Waals surface area contributed by atoms with E-state index in [1.807, 2.05) is 12.1 Å². The average Bonchev–Trinajstić information content (AvgIpc) is 2.79. The number of nitrogens with zero attached hydrogens (tertiary/aromatic N) is 1. The van der Waals surface area contributed by atoms with Crippen molar-refractivity contribution in [3.8, 4) is 0 Å². The van der Waals surface area contributed by atoms with E-state index in [0.29, 0.717) is 12.0 Å². The van der Waals surface area contributed by atoms with Crippen molar-refractivity contribution in [3.63, 3.8) is 0 Å². The molecule has 0 aromatic carbocycles. The van der Waals surface area contributed by atoms with E-state index in [2.05, 4.69) is 17.2 Å². The first-order chi connectivity index (χ1) is 8.31. The normalized spacial score (nSPS) is 24.1. The van der Waals surface area contributed by atoms with Crippen LogP contribution in [0.1, 0.15) is 25.5 Å². The van der Waals surface area contributed by atoms with Crippen molar-refractivity contribution in [2.75, 3.05) is 18.9 Å². The van der Waals surface area contributed by atoms with E-state index in [0.717, 1.165) is 43.9 Å². The van der Waals surface area contributed by atoms with E-state index < -0.39 is 0 Å². The van der Waals surface area contributed by atoms with Crippen LogP contribution in [-0.2, 0) is 11.3 Å². The summed E-state index contributed by atoms with van der Waals surface area (Å²) < 4.78 is 5.66. The van der Waals surface area contributed by atoms with Gasteiger partial charge in [-0.25, -0.2) is 0 Å². The van der Waals surface area contributed by atoms with Crippen LogP contribution in [0.2, 0.25) is 0 Å². The van der Waals surface area contributed by atoms with Gasteiger partial charge >= 0.3 is 0 Å². The van der Waals surface area contributed by atoms with Crippen molar-refractivity contribution in [1.82, 2.24) is 10.3 Å². The van der Waals surface area contributed by atoms with Gasteiger partial charge in [0.05, 0.1) is 17.5 Å². The fourth-order valence-electron chi connectivity index (χ4n) is 2.35. The lowest BCUT2D eigenvalue weighted by Crippen LogP contribution is -2.28. The molecule has 1 fully saturated rings. The van der Waals surface area contributed by atoms with Gasteiger partial charge in [-0.2, -0.15) is 0 Å². The highest BCUT2D eigenvalue weighted by molar-refractivity contribution is 5.41. The molecule has 94 valence electrons. The quantitative estimate of drug-likeness (QED) is 0.813. The van der Waals surface area contributed by atoms with Gasteiger partial charge in [-0.05, 0) is 30.9 Å². The minimum atomic E-state index is 0.420. The standard InChI is InChI=1S/C13H21N3O/c1-2-13-10(5-7-17-13)8-15-9-12-11(14)4-3-6-16-12/h3-4,6,10,13,15H,2,5,7-9,14H2,1H3. The van der Waals surface area contributed by atoms with E-state index in [4.69, 9.17) is 10.5 Å². The number of rotatable bonds is 5. The first-order valence-corrected chi connectivity index (χ1v) is 6.33. The summed E-state index contributed by atoms with van der Waals surface area (Å²) in [5.74, 6) is 0.630. The SMILES string of the molecule is CCC1OCCC1CNCc1ncccc1N. The number of anilines is 1. The summed E-state index contributed by atoms with van der Waals surface area (Å²) in [4.78, 5) is 4.26. The van der Waals surface area contributed by atoms with Crippen LogP contribution < -0.4 is 11.1 Å².